The van der Waals surface area contributed by atoms with Crippen LogP contribution in [0, 0.1) is 11.8 Å². The molecule has 2 atom stereocenters. The minimum Gasteiger partial charge on any atom is -0.481 e. The number of hydrogen-bond donors (Lipinski definition) is 2. The minimum absolute atomic E-state index is 0.353. The summed E-state index contributed by atoms with van der Waals surface area (Å²) in [5, 5.41) is 17.3. The summed E-state index contributed by atoms with van der Waals surface area (Å²) in [7, 11) is 0. The largest absolute Gasteiger partial charge is 0.481 e. The summed E-state index contributed by atoms with van der Waals surface area (Å²) >= 11 is 0. The van der Waals surface area contributed by atoms with Crippen LogP contribution in [0.1, 0.15) is 13.3 Å². The SMILES string of the molecule is CC1=C[C@H](C(=O)O)[C@H](C(=O)O)C1. The van der Waals surface area contributed by atoms with Crippen molar-refractivity contribution in [1.82, 2.24) is 0 Å². The zero-order chi connectivity index (χ0) is 9.30. The highest BCUT2D eigenvalue weighted by atomic mass is 16.4. The lowest BCUT2D eigenvalue weighted by atomic mass is 9.96. The molecule has 0 aliphatic heterocycles. The van der Waals surface area contributed by atoms with Gasteiger partial charge in [-0.3, -0.25) is 9.59 Å². The predicted octanol–water partition coefficient (Wildman–Crippen LogP) is 0.738. The number of hydrogen-bond acceptors (Lipinski definition) is 2. The zero-order valence-electron chi connectivity index (χ0n) is 6.65. The Bertz CT molecular complexity index is 254. The Balaban J connectivity index is 2.81. The molecule has 4 heteroatoms. The summed E-state index contributed by atoms with van der Waals surface area (Å²) in [5.74, 6) is -3.71. The molecule has 0 aromatic carbocycles. The van der Waals surface area contributed by atoms with E-state index in [0.717, 1.165) is 5.57 Å². The van der Waals surface area contributed by atoms with Gasteiger partial charge in [-0.05, 0) is 13.3 Å². The topological polar surface area (TPSA) is 74.6 Å². The molecule has 12 heavy (non-hydrogen) atoms. The van der Waals surface area contributed by atoms with Crippen molar-refractivity contribution in [2.24, 2.45) is 11.8 Å². The Morgan fingerprint density at radius 1 is 1.42 bits per heavy atom. The van der Waals surface area contributed by atoms with Gasteiger partial charge in [-0.25, -0.2) is 0 Å². The van der Waals surface area contributed by atoms with E-state index in [1.54, 1.807) is 6.92 Å². The molecule has 66 valence electrons. The third-order valence-electron chi connectivity index (χ3n) is 2.04. The number of carboxylic acid groups (broad SMARTS) is 2. The van der Waals surface area contributed by atoms with Gasteiger partial charge in [0.15, 0.2) is 0 Å². The van der Waals surface area contributed by atoms with Crippen LogP contribution in [0.2, 0.25) is 0 Å². The van der Waals surface area contributed by atoms with Gasteiger partial charge in [0.1, 0.15) is 0 Å². The number of aliphatic carboxylic acids is 2. The van der Waals surface area contributed by atoms with E-state index in [2.05, 4.69) is 0 Å². The molecule has 0 aromatic rings. The van der Waals surface area contributed by atoms with Crippen molar-refractivity contribution in [1.29, 1.82) is 0 Å². The highest BCUT2D eigenvalue weighted by Gasteiger charge is 2.36. The summed E-state index contributed by atoms with van der Waals surface area (Å²) < 4.78 is 0. The molecule has 1 aliphatic carbocycles. The van der Waals surface area contributed by atoms with Crippen LogP contribution in [0.5, 0.6) is 0 Å². The standard InChI is InChI=1S/C8H10O4/c1-4-2-5(7(9)10)6(3-4)8(11)12/h2,5-6H,3H2,1H3,(H,9,10)(H,11,12)/t5-,6+/m0/s1. The van der Waals surface area contributed by atoms with Crippen molar-refractivity contribution in [2.75, 3.05) is 0 Å². The van der Waals surface area contributed by atoms with Gasteiger partial charge in [-0.1, -0.05) is 11.6 Å². The van der Waals surface area contributed by atoms with E-state index < -0.39 is 23.8 Å². The summed E-state index contributed by atoms with van der Waals surface area (Å²) in [6.45, 7) is 1.75. The fraction of sp³-hybridized carbons (Fsp3) is 0.500. The van der Waals surface area contributed by atoms with Crippen LogP contribution in [0.25, 0.3) is 0 Å². The Labute approximate surface area is 69.5 Å². The normalized spacial score (nSPS) is 28.2. The molecule has 0 unspecified atom stereocenters. The number of carbonyl (C=O) groups is 2. The van der Waals surface area contributed by atoms with E-state index in [1.807, 2.05) is 0 Å². The van der Waals surface area contributed by atoms with Crippen molar-refractivity contribution < 1.29 is 19.8 Å². The first kappa shape index (κ1) is 8.77. The molecule has 0 saturated heterocycles. The molecule has 4 nitrogen and oxygen atoms in total. The van der Waals surface area contributed by atoms with Gasteiger partial charge < -0.3 is 10.2 Å². The second-order valence-corrected chi connectivity index (χ2v) is 3.03. The second-order valence-electron chi connectivity index (χ2n) is 3.03. The predicted molar refractivity (Wildman–Crippen MR) is 40.6 cm³/mol. The van der Waals surface area contributed by atoms with E-state index >= 15 is 0 Å². The lowest BCUT2D eigenvalue weighted by molar-refractivity contribution is -0.151. The molecule has 0 aromatic heterocycles. The monoisotopic (exact) mass is 170 g/mol. The van der Waals surface area contributed by atoms with Crippen molar-refractivity contribution in [2.45, 2.75) is 13.3 Å². The maximum absolute atomic E-state index is 10.6. The third-order valence-corrected chi connectivity index (χ3v) is 2.04. The molecule has 1 rings (SSSR count). The van der Waals surface area contributed by atoms with Crippen LogP contribution < -0.4 is 0 Å². The molecule has 0 saturated carbocycles. The van der Waals surface area contributed by atoms with Crippen molar-refractivity contribution in [3.05, 3.63) is 11.6 Å². The van der Waals surface area contributed by atoms with Gasteiger partial charge >= 0.3 is 11.9 Å². The number of rotatable bonds is 2. The van der Waals surface area contributed by atoms with E-state index in [9.17, 15) is 9.59 Å². The summed E-state index contributed by atoms with van der Waals surface area (Å²) in [6.07, 6.45) is 1.87. The Morgan fingerprint density at radius 3 is 2.33 bits per heavy atom. The fourth-order valence-corrected chi connectivity index (χ4v) is 1.45. The van der Waals surface area contributed by atoms with Gasteiger partial charge in [-0.2, -0.15) is 0 Å². The highest BCUT2D eigenvalue weighted by Crippen LogP contribution is 2.30. The summed E-state index contributed by atoms with van der Waals surface area (Å²) in [4.78, 5) is 21.1. The Hall–Kier alpha value is -1.32. The van der Waals surface area contributed by atoms with Gasteiger partial charge in [0, 0.05) is 0 Å². The molecule has 0 spiro atoms. The Morgan fingerprint density at radius 2 is 2.00 bits per heavy atom. The molecule has 0 radical (unpaired) electrons. The van der Waals surface area contributed by atoms with E-state index in [1.165, 1.54) is 6.08 Å². The van der Waals surface area contributed by atoms with Crippen LogP contribution in [0.3, 0.4) is 0 Å². The van der Waals surface area contributed by atoms with Crippen molar-refractivity contribution in [3.63, 3.8) is 0 Å². The van der Waals surface area contributed by atoms with Gasteiger partial charge in [0.05, 0.1) is 11.8 Å². The van der Waals surface area contributed by atoms with Gasteiger partial charge in [-0.15, -0.1) is 0 Å². The average Bonchev–Trinajstić information content (AvgIpc) is 2.31. The smallest absolute Gasteiger partial charge is 0.311 e. The lowest BCUT2D eigenvalue weighted by Crippen LogP contribution is -2.24. The molecular formula is C8H10O4. The van der Waals surface area contributed by atoms with E-state index in [0.29, 0.717) is 6.42 Å². The van der Waals surface area contributed by atoms with Crippen LogP contribution in [0.15, 0.2) is 11.6 Å². The zero-order valence-corrected chi connectivity index (χ0v) is 6.65. The molecule has 0 fully saturated rings. The van der Waals surface area contributed by atoms with E-state index in [-0.39, 0.29) is 0 Å². The van der Waals surface area contributed by atoms with Crippen molar-refractivity contribution >= 4 is 11.9 Å². The second kappa shape index (κ2) is 2.97. The first-order chi connectivity index (χ1) is 5.52. The summed E-state index contributed by atoms with van der Waals surface area (Å²) in [5.41, 5.74) is 0.842. The molecule has 2 N–H and O–H groups in total. The summed E-state index contributed by atoms with van der Waals surface area (Å²) in [6, 6.07) is 0. The number of carboxylic acids is 2. The van der Waals surface area contributed by atoms with Crippen molar-refractivity contribution in [3.8, 4) is 0 Å². The quantitative estimate of drug-likeness (QED) is 0.599. The lowest BCUT2D eigenvalue weighted by Gasteiger charge is -2.09. The van der Waals surface area contributed by atoms with Crippen LogP contribution in [-0.4, -0.2) is 22.2 Å². The first-order valence-electron chi connectivity index (χ1n) is 3.65. The van der Waals surface area contributed by atoms with Crippen LogP contribution in [0.4, 0.5) is 0 Å². The third kappa shape index (κ3) is 1.47. The Kier molecular flexibility index (Phi) is 2.17. The van der Waals surface area contributed by atoms with E-state index in [4.69, 9.17) is 10.2 Å². The van der Waals surface area contributed by atoms with Gasteiger partial charge in [0.2, 0.25) is 0 Å². The molecule has 1 aliphatic rings. The fourth-order valence-electron chi connectivity index (χ4n) is 1.45. The molecule has 0 heterocycles. The maximum atomic E-state index is 10.6. The van der Waals surface area contributed by atoms with Crippen LogP contribution >= 0.6 is 0 Å². The average molecular weight is 170 g/mol. The molecular weight excluding hydrogens is 160 g/mol. The molecule has 0 bridgehead atoms. The van der Waals surface area contributed by atoms with Crippen LogP contribution in [-0.2, 0) is 9.59 Å². The highest BCUT2D eigenvalue weighted by molar-refractivity contribution is 5.83. The maximum Gasteiger partial charge on any atom is 0.311 e. The number of allylic oxidation sites excluding steroid dienone is 1. The first-order valence-corrected chi connectivity index (χ1v) is 3.65. The minimum atomic E-state index is -1.06. The molecule has 0 amide bonds. The van der Waals surface area contributed by atoms with Gasteiger partial charge in [0.25, 0.3) is 0 Å².